The zero-order valence-corrected chi connectivity index (χ0v) is 11.9. The van der Waals surface area contributed by atoms with E-state index in [0.717, 1.165) is 5.57 Å². The lowest BCUT2D eigenvalue weighted by Crippen LogP contribution is -2.46. The number of carboxylic acid groups (broad SMARTS) is 1. The van der Waals surface area contributed by atoms with Crippen molar-refractivity contribution in [1.29, 1.82) is 0 Å². The van der Waals surface area contributed by atoms with Gasteiger partial charge in [-0.1, -0.05) is 30.4 Å². The second-order valence-corrected chi connectivity index (χ2v) is 4.57. The van der Waals surface area contributed by atoms with E-state index in [4.69, 9.17) is 5.11 Å². The van der Waals surface area contributed by atoms with Crippen molar-refractivity contribution in [1.82, 2.24) is 4.90 Å². The summed E-state index contributed by atoms with van der Waals surface area (Å²) in [6, 6.07) is 8.46. The standard InChI is InChI=1S/C15H20N2O3/c1-4-16(10-12(2)3)15(20)17(11-14(18)19)13-8-6-5-7-9-13/h5-9H,2,4,10-11H2,1,3H3,(H,18,19). The van der Waals surface area contributed by atoms with E-state index >= 15 is 0 Å². The van der Waals surface area contributed by atoms with Crippen LogP contribution in [0.2, 0.25) is 0 Å². The van der Waals surface area contributed by atoms with E-state index in [9.17, 15) is 9.59 Å². The minimum Gasteiger partial charge on any atom is -0.480 e. The molecule has 1 N–H and O–H groups in total. The molecule has 2 amide bonds. The lowest BCUT2D eigenvalue weighted by molar-refractivity contribution is -0.135. The molecule has 0 heterocycles. The molecule has 0 saturated carbocycles. The summed E-state index contributed by atoms with van der Waals surface area (Å²) in [5.41, 5.74) is 1.42. The van der Waals surface area contributed by atoms with Gasteiger partial charge in [-0.2, -0.15) is 0 Å². The number of urea groups is 1. The van der Waals surface area contributed by atoms with Gasteiger partial charge in [-0.15, -0.1) is 0 Å². The van der Waals surface area contributed by atoms with Crippen LogP contribution in [-0.2, 0) is 4.79 Å². The number of hydrogen-bond donors (Lipinski definition) is 1. The number of anilines is 1. The van der Waals surface area contributed by atoms with Crippen molar-refractivity contribution >= 4 is 17.7 Å². The number of hydrogen-bond acceptors (Lipinski definition) is 2. The van der Waals surface area contributed by atoms with Crippen LogP contribution in [0.1, 0.15) is 13.8 Å². The molecule has 0 bridgehead atoms. The molecule has 1 rings (SSSR count). The highest BCUT2D eigenvalue weighted by Gasteiger charge is 2.23. The zero-order valence-electron chi connectivity index (χ0n) is 11.9. The maximum atomic E-state index is 12.5. The summed E-state index contributed by atoms with van der Waals surface area (Å²) in [6.07, 6.45) is 0. The van der Waals surface area contributed by atoms with Crippen LogP contribution >= 0.6 is 0 Å². The second-order valence-electron chi connectivity index (χ2n) is 4.57. The number of rotatable bonds is 6. The van der Waals surface area contributed by atoms with Crippen molar-refractivity contribution in [2.45, 2.75) is 13.8 Å². The van der Waals surface area contributed by atoms with Gasteiger partial charge in [0.15, 0.2) is 0 Å². The van der Waals surface area contributed by atoms with Gasteiger partial charge in [0.2, 0.25) is 0 Å². The summed E-state index contributed by atoms with van der Waals surface area (Å²) in [4.78, 5) is 26.3. The molecule has 0 unspecified atom stereocenters. The van der Waals surface area contributed by atoms with Gasteiger partial charge in [0.05, 0.1) is 0 Å². The van der Waals surface area contributed by atoms with Gasteiger partial charge in [-0.05, 0) is 26.0 Å². The second kappa shape index (κ2) is 7.33. The van der Waals surface area contributed by atoms with E-state index in [2.05, 4.69) is 6.58 Å². The summed E-state index contributed by atoms with van der Waals surface area (Å²) < 4.78 is 0. The molecule has 1 aromatic rings. The van der Waals surface area contributed by atoms with E-state index in [-0.39, 0.29) is 12.6 Å². The topological polar surface area (TPSA) is 60.9 Å². The van der Waals surface area contributed by atoms with E-state index in [0.29, 0.717) is 18.8 Å². The molecule has 108 valence electrons. The number of carbonyl (C=O) groups excluding carboxylic acids is 1. The van der Waals surface area contributed by atoms with Gasteiger partial charge in [0, 0.05) is 18.8 Å². The van der Waals surface area contributed by atoms with Gasteiger partial charge in [-0.25, -0.2) is 4.79 Å². The summed E-state index contributed by atoms with van der Waals surface area (Å²) in [5, 5.41) is 9.00. The van der Waals surface area contributed by atoms with Crippen LogP contribution in [0.5, 0.6) is 0 Å². The van der Waals surface area contributed by atoms with E-state index in [1.165, 1.54) is 4.90 Å². The molecule has 5 nitrogen and oxygen atoms in total. The molecule has 0 saturated heterocycles. The SMILES string of the molecule is C=C(C)CN(CC)C(=O)N(CC(=O)O)c1ccccc1. The Morgan fingerprint density at radius 3 is 2.25 bits per heavy atom. The first-order chi connectivity index (χ1) is 9.45. The maximum absolute atomic E-state index is 12.5. The van der Waals surface area contributed by atoms with Gasteiger partial charge in [0.25, 0.3) is 0 Å². The fourth-order valence-electron chi connectivity index (χ4n) is 1.82. The summed E-state index contributed by atoms with van der Waals surface area (Å²) in [5.74, 6) is -1.05. The van der Waals surface area contributed by atoms with Gasteiger partial charge in [0.1, 0.15) is 6.54 Å². The molecule has 5 heteroatoms. The highest BCUT2D eigenvalue weighted by Crippen LogP contribution is 2.15. The monoisotopic (exact) mass is 276 g/mol. The van der Waals surface area contributed by atoms with Crippen molar-refractivity contribution in [3.63, 3.8) is 0 Å². The molecule has 0 spiro atoms. The van der Waals surface area contributed by atoms with E-state index in [1.807, 2.05) is 19.9 Å². The highest BCUT2D eigenvalue weighted by atomic mass is 16.4. The third kappa shape index (κ3) is 4.42. The van der Waals surface area contributed by atoms with Crippen LogP contribution in [0.4, 0.5) is 10.5 Å². The van der Waals surface area contributed by atoms with Crippen molar-refractivity contribution in [2.24, 2.45) is 0 Å². The number of nitrogens with zero attached hydrogens (tertiary/aromatic N) is 2. The fourth-order valence-corrected chi connectivity index (χ4v) is 1.82. The Morgan fingerprint density at radius 2 is 1.80 bits per heavy atom. The van der Waals surface area contributed by atoms with E-state index < -0.39 is 5.97 Å². The highest BCUT2D eigenvalue weighted by molar-refractivity contribution is 5.96. The quantitative estimate of drug-likeness (QED) is 0.812. The Balaban J connectivity index is 3.01. The number of amides is 2. The summed E-state index contributed by atoms with van der Waals surface area (Å²) in [7, 11) is 0. The van der Waals surface area contributed by atoms with Crippen LogP contribution in [0.3, 0.4) is 0 Å². The molecule has 0 aliphatic rings. The third-order valence-corrected chi connectivity index (χ3v) is 2.71. The molecular weight excluding hydrogens is 256 g/mol. The van der Waals surface area contributed by atoms with Crippen LogP contribution in [-0.4, -0.2) is 41.6 Å². The smallest absolute Gasteiger partial charge is 0.325 e. The normalized spacial score (nSPS) is 9.90. The minimum absolute atomic E-state index is 0.330. The first kappa shape index (κ1) is 15.8. The maximum Gasteiger partial charge on any atom is 0.325 e. The van der Waals surface area contributed by atoms with Gasteiger partial charge >= 0.3 is 12.0 Å². The predicted octanol–water partition coefficient (Wildman–Crippen LogP) is 2.60. The van der Waals surface area contributed by atoms with Crippen LogP contribution in [0.25, 0.3) is 0 Å². The number of para-hydroxylation sites is 1. The minimum atomic E-state index is -1.05. The Labute approximate surface area is 119 Å². The van der Waals surface area contributed by atoms with E-state index in [1.54, 1.807) is 29.2 Å². The molecule has 20 heavy (non-hydrogen) atoms. The lowest BCUT2D eigenvalue weighted by Gasteiger charge is -2.29. The molecular formula is C15H20N2O3. The first-order valence-corrected chi connectivity index (χ1v) is 6.43. The Bertz CT molecular complexity index is 485. The fraction of sp³-hybridized carbons (Fsp3) is 0.333. The predicted molar refractivity (Wildman–Crippen MR) is 78.9 cm³/mol. The molecule has 0 aliphatic carbocycles. The number of likely N-dealkylation sites (N-methyl/N-ethyl adjacent to an activating group) is 1. The number of benzene rings is 1. The van der Waals surface area contributed by atoms with Crippen LogP contribution in [0.15, 0.2) is 42.5 Å². The van der Waals surface area contributed by atoms with Crippen molar-refractivity contribution in [3.8, 4) is 0 Å². The Kier molecular flexibility index (Phi) is 5.77. The third-order valence-electron chi connectivity index (χ3n) is 2.71. The van der Waals surface area contributed by atoms with Gasteiger partial charge in [-0.3, -0.25) is 9.69 Å². The number of aliphatic carboxylic acids is 1. The lowest BCUT2D eigenvalue weighted by atomic mass is 10.2. The first-order valence-electron chi connectivity index (χ1n) is 6.43. The van der Waals surface area contributed by atoms with Crippen LogP contribution in [0, 0.1) is 0 Å². The molecule has 0 fully saturated rings. The largest absolute Gasteiger partial charge is 0.480 e. The summed E-state index contributed by atoms with van der Waals surface area (Å²) in [6.45, 7) is 8.02. The number of carboxylic acids is 1. The van der Waals surface area contributed by atoms with Crippen molar-refractivity contribution in [3.05, 3.63) is 42.5 Å². The molecule has 0 atom stereocenters. The molecule has 0 radical (unpaired) electrons. The van der Waals surface area contributed by atoms with Crippen molar-refractivity contribution < 1.29 is 14.7 Å². The average molecular weight is 276 g/mol. The Hall–Kier alpha value is -2.30. The molecule has 1 aromatic carbocycles. The number of carbonyl (C=O) groups is 2. The molecule has 0 aromatic heterocycles. The van der Waals surface area contributed by atoms with Crippen molar-refractivity contribution in [2.75, 3.05) is 24.5 Å². The zero-order chi connectivity index (χ0) is 15.1. The van der Waals surface area contributed by atoms with Crippen LogP contribution < -0.4 is 4.90 Å². The van der Waals surface area contributed by atoms with Gasteiger partial charge < -0.3 is 10.0 Å². The average Bonchev–Trinajstić information content (AvgIpc) is 2.42. The Morgan fingerprint density at radius 1 is 1.20 bits per heavy atom. The summed E-state index contributed by atoms with van der Waals surface area (Å²) >= 11 is 0. The molecule has 0 aliphatic heterocycles.